The molecule has 2 heterocycles. The van der Waals surface area contributed by atoms with Crippen molar-refractivity contribution in [2.24, 2.45) is 0 Å². The summed E-state index contributed by atoms with van der Waals surface area (Å²) in [7, 11) is 1.68. The van der Waals surface area contributed by atoms with E-state index in [0.717, 1.165) is 31.4 Å². The highest BCUT2D eigenvalue weighted by Crippen LogP contribution is 2.34. The van der Waals surface area contributed by atoms with Gasteiger partial charge in [0, 0.05) is 18.5 Å². The van der Waals surface area contributed by atoms with Gasteiger partial charge in [0.25, 0.3) is 0 Å². The summed E-state index contributed by atoms with van der Waals surface area (Å²) in [5, 5.41) is 0. The molecule has 0 unspecified atom stereocenters. The van der Waals surface area contributed by atoms with Crippen molar-refractivity contribution in [2.45, 2.75) is 44.2 Å². The second-order valence-corrected chi connectivity index (χ2v) is 5.28. The molecule has 0 aromatic heterocycles. The van der Waals surface area contributed by atoms with Crippen LogP contribution in [0.15, 0.2) is 24.3 Å². The second kappa shape index (κ2) is 4.63. The van der Waals surface area contributed by atoms with E-state index in [0.29, 0.717) is 18.0 Å². The quantitative estimate of drug-likeness (QED) is 0.818. The van der Waals surface area contributed by atoms with Crippen LogP contribution in [0.1, 0.15) is 31.2 Å². The molecule has 2 aliphatic rings. The van der Waals surface area contributed by atoms with E-state index >= 15 is 0 Å². The molecule has 0 radical (unpaired) electrons. The summed E-state index contributed by atoms with van der Waals surface area (Å²) in [6.45, 7) is 0. The van der Waals surface area contributed by atoms with E-state index in [2.05, 4.69) is 17.0 Å². The molecule has 3 heteroatoms. The third kappa shape index (κ3) is 1.98. The highest BCUT2D eigenvalue weighted by atomic mass is 16.5. The van der Waals surface area contributed by atoms with E-state index in [1.54, 1.807) is 7.11 Å². The van der Waals surface area contributed by atoms with E-state index in [1.165, 1.54) is 12.0 Å². The Kier molecular flexibility index (Phi) is 2.98. The fourth-order valence-electron chi connectivity index (χ4n) is 3.31. The first-order chi connectivity index (χ1) is 8.78. The van der Waals surface area contributed by atoms with Crippen molar-refractivity contribution in [3.63, 3.8) is 0 Å². The Hall–Kier alpha value is -1.51. The van der Waals surface area contributed by atoms with E-state index in [-0.39, 0.29) is 0 Å². The molecular formula is C15H19NO2. The number of hydrogen-bond donors (Lipinski definition) is 0. The Morgan fingerprint density at radius 1 is 1.22 bits per heavy atom. The lowest BCUT2D eigenvalue weighted by molar-refractivity contribution is -0.129. The highest BCUT2D eigenvalue weighted by molar-refractivity contribution is 5.79. The number of amides is 1. The number of benzene rings is 1. The fraction of sp³-hybridized carbons (Fsp3) is 0.533. The first kappa shape index (κ1) is 11.6. The summed E-state index contributed by atoms with van der Waals surface area (Å²) in [5.74, 6) is 1.25. The smallest absolute Gasteiger partial charge is 0.223 e. The van der Waals surface area contributed by atoms with Crippen molar-refractivity contribution in [3.05, 3.63) is 29.8 Å². The van der Waals surface area contributed by atoms with Crippen molar-refractivity contribution >= 4 is 5.91 Å². The lowest BCUT2D eigenvalue weighted by Crippen LogP contribution is -2.36. The van der Waals surface area contributed by atoms with Crippen molar-refractivity contribution < 1.29 is 9.53 Å². The van der Waals surface area contributed by atoms with Crippen LogP contribution in [0.25, 0.3) is 0 Å². The molecular weight excluding hydrogens is 226 g/mol. The van der Waals surface area contributed by atoms with Gasteiger partial charge in [0.15, 0.2) is 0 Å². The number of methoxy groups -OCH3 is 1. The molecule has 3 rings (SSSR count). The summed E-state index contributed by atoms with van der Waals surface area (Å²) in [6.07, 6.45) is 5.14. The molecule has 2 saturated heterocycles. The van der Waals surface area contributed by atoms with Crippen LogP contribution < -0.4 is 4.74 Å². The van der Waals surface area contributed by atoms with Crippen LogP contribution in [0, 0.1) is 0 Å². The number of nitrogens with zero attached hydrogens (tertiary/aromatic N) is 1. The van der Waals surface area contributed by atoms with E-state index < -0.39 is 0 Å². The zero-order valence-electron chi connectivity index (χ0n) is 10.8. The highest BCUT2D eigenvalue weighted by Gasteiger charge is 2.40. The number of carbonyl (C=O) groups excluding carboxylic acids is 1. The van der Waals surface area contributed by atoms with E-state index in [1.807, 2.05) is 12.1 Å². The SMILES string of the molecule is COc1ccc(C[C@H]2CC[C@@H]3CCC(=O)N32)cc1. The molecule has 0 spiro atoms. The average Bonchev–Trinajstić information content (AvgIpc) is 2.95. The van der Waals surface area contributed by atoms with Crippen molar-refractivity contribution in [2.75, 3.05) is 7.11 Å². The molecule has 0 N–H and O–H groups in total. The maximum absolute atomic E-state index is 11.9. The maximum Gasteiger partial charge on any atom is 0.223 e. The Labute approximate surface area is 108 Å². The van der Waals surface area contributed by atoms with Gasteiger partial charge in [0.05, 0.1) is 7.11 Å². The zero-order valence-corrected chi connectivity index (χ0v) is 10.8. The molecule has 1 aromatic rings. The molecule has 2 aliphatic heterocycles. The predicted octanol–water partition coefficient (Wildman–Crippen LogP) is 2.39. The molecule has 0 aliphatic carbocycles. The molecule has 1 aromatic carbocycles. The summed E-state index contributed by atoms with van der Waals surface area (Å²) in [4.78, 5) is 14.0. The Morgan fingerprint density at radius 3 is 2.72 bits per heavy atom. The number of rotatable bonds is 3. The second-order valence-electron chi connectivity index (χ2n) is 5.28. The number of carbonyl (C=O) groups is 1. The van der Waals surface area contributed by atoms with Crippen LogP contribution in [-0.2, 0) is 11.2 Å². The lowest BCUT2D eigenvalue weighted by atomic mass is 10.0. The van der Waals surface area contributed by atoms with Crippen molar-refractivity contribution in [1.29, 1.82) is 0 Å². The average molecular weight is 245 g/mol. The first-order valence-corrected chi connectivity index (χ1v) is 6.72. The standard InChI is InChI=1S/C15H19NO2/c1-18-14-7-2-11(3-8-14)10-13-5-4-12-6-9-15(17)16(12)13/h2-3,7-8,12-13H,4-6,9-10H2,1H3/t12-,13-/m1/s1. The predicted molar refractivity (Wildman–Crippen MR) is 69.6 cm³/mol. The molecule has 1 amide bonds. The minimum absolute atomic E-state index is 0.357. The lowest BCUT2D eigenvalue weighted by Gasteiger charge is -2.24. The maximum atomic E-state index is 11.9. The fourth-order valence-corrected chi connectivity index (χ4v) is 3.31. The van der Waals surface area contributed by atoms with Gasteiger partial charge in [-0.2, -0.15) is 0 Å². The van der Waals surface area contributed by atoms with Crippen LogP contribution in [0.2, 0.25) is 0 Å². The van der Waals surface area contributed by atoms with Crippen molar-refractivity contribution in [1.82, 2.24) is 4.90 Å². The van der Waals surface area contributed by atoms with Gasteiger partial charge < -0.3 is 9.64 Å². The summed E-state index contributed by atoms with van der Waals surface area (Å²) in [6, 6.07) is 9.14. The van der Waals surface area contributed by atoms with Crippen LogP contribution in [0.5, 0.6) is 5.75 Å². The van der Waals surface area contributed by atoms with Gasteiger partial charge in [-0.1, -0.05) is 12.1 Å². The van der Waals surface area contributed by atoms with Gasteiger partial charge in [-0.3, -0.25) is 4.79 Å². The Morgan fingerprint density at radius 2 is 2.00 bits per heavy atom. The molecule has 0 bridgehead atoms. The molecule has 3 nitrogen and oxygen atoms in total. The van der Waals surface area contributed by atoms with E-state index in [9.17, 15) is 4.79 Å². The largest absolute Gasteiger partial charge is 0.497 e. The zero-order chi connectivity index (χ0) is 12.5. The number of hydrogen-bond acceptors (Lipinski definition) is 2. The first-order valence-electron chi connectivity index (χ1n) is 6.72. The van der Waals surface area contributed by atoms with Gasteiger partial charge in [0.1, 0.15) is 5.75 Å². The van der Waals surface area contributed by atoms with Gasteiger partial charge in [0.2, 0.25) is 5.91 Å². The van der Waals surface area contributed by atoms with Gasteiger partial charge in [-0.15, -0.1) is 0 Å². The van der Waals surface area contributed by atoms with Gasteiger partial charge >= 0.3 is 0 Å². The van der Waals surface area contributed by atoms with Gasteiger partial charge in [-0.25, -0.2) is 0 Å². The van der Waals surface area contributed by atoms with Crippen molar-refractivity contribution in [3.8, 4) is 5.75 Å². The normalized spacial score (nSPS) is 26.5. The van der Waals surface area contributed by atoms with Crippen LogP contribution in [-0.4, -0.2) is 30.0 Å². The monoisotopic (exact) mass is 245 g/mol. The topological polar surface area (TPSA) is 29.5 Å². The van der Waals surface area contributed by atoms with Crippen LogP contribution >= 0.6 is 0 Å². The Bertz CT molecular complexity index is 440. The number of fused-ring (bicyclic) bond motifs is 1. The van der Waals surface area contributed by atoms with E-state index in [4.69, 9.17) is 4.74 Å². The molecule has 0 saturated carbocycles. The molecule has 18 heavy (non-hydrogen) atoms. The third-order valence-electron chi connectivity index (χ3n) is 4.23. The minimum atomic E-state index is 0.357. The third-order valence-corrected chi connectivity index (χ3v) is 4.23. The van der Waals surface area contributed by atoms with Gasteiger partial charge in [-0.05, 0) is 43.4 Å². The molecule has 2 atom stereocenters. The van der Waals surface area contributed by atoms with Crippen LogP contribution in [0.4, 0.5) is 0 Å². The summed E-state index contributed by atoms with van der Waals surface area (Å²) < 4.78 is 5.16. The summed E-state index contributed by atoms with van der Waals surface area (Å²) >= 11 is 0. The molecule has 96 valence electrons. The Balaban J connectivity index is 1.70. The summed E-state index contributed by atoms with van der Waals surface area (Å²) in [5.41, 5.74) is 1.29. The number of ether oxygens (including phenoxy) is 1. The van der Waals surface area contributed by atoms with Crippen LogP contribution in [0.3, 0.4) is 0 Å². The minimum Gasteiger partial charge on any atom is -0.497 e. The molecule has 2 fully saturated rings.